The predicted octanol–water partition coefficient (Wildman–Crippen LogP) is 3.98. The maximum absolute atomic E-state index is 12.6. The number of furan rings is 2. The fourth-order valence-corrected chi connectivity index (χ4v) is 3.99. The molecule has 27 heavy (non-hydrogen) atoms. The van der Waals surface area contributed by atoms with Crippen LogP contribution in [0.3, 0.4) is 0 Å². The molecule has 0 aliphatic carbocycles. The van der Waals surface area contributed by atoms with Gasteiger partial charge in [-0.1, -0.05) is 39.4 Å². The molecule has 0 amide bonds. The Morgan fingerprint density at radius 3 is 2.81 bits per heavy atom. The Balaban J connectivity index is 1.54. The van der Waals surface area contributed by atoms with Gasteiger partial charge < -0.3 is 8.83 Å². The van der Waals surface area contributed by atoms with Crippen molar-refractivity contribution < 1.29 is 8.83 Å². The van der Waals surface area contributed by atoms with Gasteiger partial charge in [0.05, 0.1) is 6.26 Å². The Labute approximate surface area is 164 Å². The molecule has 5 rings (SSSR count). The molecule has 5 aromatic rings. The van der Waals surface area contributed by atoms with Gasteiger partial charge in [0.1, 0.15) is 16.1 Å². The molecule has 0 radical (unpaired) electrons. The van der Waals surface area contributed by atoms with Crippen molar-refractivity contribution in [2.24, 2.45) is 0 Å². The fourth-order valence-electron chi connectivity index (χ4n) is 2.70. The average Bonchev–Trinajstić information content (AvgIpc) is 3.42. The van der Waals surface area contributed by atoms with E-state index >= 15 is 0 Å². The number of halogens is 1. The van der Waals surface area contributed by atoms with Crippen LogP contribution in [0.4, 0.5) is 0 Å². The molecule has 0 unspecified atom stereocenters. The van der Waals surface area contributed by atoms with Crippen LogP contribution < -0.4 is 10.1 Å². The lowest BCUT2D eigenvalue weighted by atomic mass is 10.2. The minimum atomic E-state index is -0.235. The lowest BCUT2D eigenvalue weighted by Gasteiger charge is -1.96. The molecule has 6 nitrogen and oxygen atoms in total. The zero-order valence-corrected chi connectivity index (χ0v) is 16.0. The monoisotopic (exact) mass is 439 g/mol. The van der Waals surface area contributed by atoms with Crippen LogP contribution in [0.2, 0.25) is 0 Å². The van der Waals surface area contributed by atoms with Crippen LogP contribution in [-0.4, -0.2) is 14.6 Å². The molecule has 0 aliphatic rings. The predicted molar refractivity (Wildman–Crippen MR) is 105 cm³/mol. The Bertz CT molecular complexity index is 1370. The number of benzene rings is 1. The third kappa shape index (κ3) is 2.92. The van der Waals surface area contributed by atoms with Crippen LogP contribution in [0.25, 0.3) is 33.9 Å². The summed E-state index contributed by atoms with van der Waals surface area (Å²) in [5, 5.41) is 4.23. The smallest absolute Gasteiger partial charge is 0.291 e. The highest BCUT2D eigenvalue weighted by molar-refractivity contribution is 9.10. The van der Waals surface area contributed by atoms with Gasteiger partial charge in [-0.05, 0) is 36.4 Å². The van der Waals surface area contributed by atoms with Gasteiger partial charge >= 0.3 is 0 Å². The number of hydrogen-bond acceptors (Lipinski definition) is 6. The molecule has 0 bridgehead atoms. The largest absolute Gasteiger partial charge is 0.461 e. The second-order valence-electron chi connectivity index (χ2n) is 5.74. The van der Waals surface area contributed by atoms with Crippen molar-refractivity contribution in [2.45, 2.75) is 0 Å². The van der Waals surface area contributed by atoms with Gasteiger partial charge in [-0.2, -0.15) is 9.50 Å². The van der Waals surface area contributed by atoms with Crippen LogP contribution >= 0.6 is 27.3 Å². The first-order valence-electron chi connectivity index (χ1n) is 7.98. The maximum atomic E-state index is 12.6. The molecule has 0 N–H and O–H groups in total. The number of rotatable bonds is 3. The van der Waals surface area contributed by atoms with Crippen LogP contribution in [-0.2, 0) is 0 Å². The van der Waals surface area contributed by atoms with Gasteiger partial charge in [0.25, 0.3) is 5.56 Å². The Morgan fingerprint density at radius 2 is 2.04 bits per heavy atom. The van der Waals surface area contributed by atoms with E-state index in [1.807, 2.05) is 36.4 Å². The molecule has 132 valence electrons. The summed E-state index contributed by atoms with van der Waals surface area (Å²) < 4.78 is 13.9. The summed E-state index contributed by atoms with van der Waals surface area (Å²) in [6.45, 7) is 0. The molecule has 4 heterocycles. The van der Waals surface area contributed by atoms with E-state index in [2.05, 4.69) is 26.0 Å². The summed E-state index contributed by atoms with van der Waals surface area (Å²) in [7, 11) is 0. The van der Waals surface area contributed by atoms with E-state index in [9.17, 15) is 4.79 Å². The standard InChI is InChI=1S/C19H10BrN3O3S/c20-12-4-1-3-11(9-12)14-7-6-13(26-14)10-16-18(24)23-19(27-16)21-17(22-23)15-5-2-8-25-15/h1-10H/b16-10-. The zero-order valence-electron chi connectivity index (χ0n) is 13.6. The van der Waals surface area contributed by atoms with E-state index in [-0.39, 0.29) is 5.56 Å². The molecule has 0 saturated carbocycles. The van der Waals surface area contributed by atoms with Crippen LogP contribution in [0.1, 0.15) is 5.76 Å². The quantitative estimate of drug-likeness (QED) is 0.425. The first-order valence-corrected chi connectivity index (χ1v) is 9.59. The van der Waals surface area contributed by atoms with Crippen LogP contribution in [0.5, 0.6) is 0 Å². The van der Waals surface area contributed by atoms with Crippen LogP contribution in [0, 0.1) is 0 Å². The number of fused-ring (bicyclic) bond motifs is 1. The van der Waals surface area contributed by atoms with E-state index < -0.39 is 0 Å². The summed E-state index contributed by atoms with van der Waals surface area (Å²) in [4.78, 5) is 17.5. The summed E-state index contributed by atoms with van der Waals surface area (Å²) in [5.41, 5.74) is 0.720. The number of thiazole rings is 1. The maximum Gasteiger partial charge on any atom is 0.291 e. The highest BCUT2D eigenvalue weighted by Gasteiger charge is 2.14. The van der Waals surface area contributed by atoms with E-state index in [1.54, 1.807) is 24.5 Å². The highest BCUT2D eigenvalue weighted by atomic mass is 79.9. The van der Waals surface area contributed by atoms with Gasteiger partial charge in [-0.15, -0.1) is 5.10 Å². The molecule has 8 heteroatoms. The van der Waals surface area contributed by atoms with Gasteiger partial charge in [0.15, 0.2) is 5.76 Å². The van der Waals surface area contributed by atoms with Crippen molar-refractivity contribution >= 4 is 38.3 Å². The third-order valence-corrected chi connectivity index (χ3v) is 5.39. The second kappa shape index (κ2) is 6.33. The van der Waals surface area contributed by atoms with Crippen molar-refractivity contribution in [1.29, 1.82) is 0 Å². The number of nitrogens with zero attached hydrogens (tertiary/aromatic N) is 3. The molecular formula is C19H10BrN3O3S. The van der Waals surface area contributed by atoms with Gasteiger partial charge in [0.2, 0.25) is 10.8 Å². The van der Waals surface area contributed by atoms with Gasteiger partial charge in [-0.25, -0.2) is 0 Å². The lowest BCUT2D eigenvalue weighted by molar-refractivity contribution is 0.571. The van der Waals surface area contributed by atoms with Gasteiger partial charge in [-0.3, -0.25) is 4.79 Å². The van der Waals surface area contributed by atoms with Crippen molar-refractivity contribution in [1.82, 2.24) is 14.6 Å². The Hall–Kier alpha value is -2.97. The SMILES string of the molecule is O=c1/c(=C/c2ccc(-c3cccc(Br)c3)o2)sc2nc(-c3ccco3)nn12. The molecule has 0 fully saturated rings. The van der Waals surface area contributed by atoms with Crippen molar-refractivity contribution in [3.05, 3.63) is 79.9 Å². The first kappa shape index (κ1) is 16.2. The zero-order chi connectivity index (χ0) is 18.4. The molecule has 4 aromatic heterocycles. The summed E-state index contributed by atoms with van der Waals surface area (Å²) >= 11 is 4.71. The summed E-state index contributed by atoms with van der Waals surface area (Å²) in [6, 6.07) is 15.0. The highest BCUT2D eigenvalue weighted by Crippen LogP contribution is 2.25. The number of hydrogen-bond donors (Lipinski definition) is 0. The molecule has 1 aromatic carbocycles. The topological polar surface area (TPSA) is 73.5 Å². The van der Waals surface area contributed by atoms with Crippen molar-refractivity contribution in [3.8, 4) is 22.9 Å². The summed E-state index contributed by atoms with van der Waals surface area (Å²) in [5.74, 6) is 2.25. The summed E-state index contributed by atoms with van der Waals surface area (Å²) in [6.07, 6.45) is 3.25. The fraction of sp³-hybridized carbons (Fsp3) is 0. The normalized spacial score (nSPS) is 12.3. The third-order valence-electron chi connectivity index (χ3n) is 3.93. The van der Waals surface area contributed by atoms with E-state index in [0.717, 1.165) is 15.8 Å². The molecular weight excluding hydrogens is 430 g/mol. The molecule has 0 saturated heterocycles. The molecule has 0 spiro atoms. The average molecular weight is 440 g/mol. The Morgan fingerprint density at radius 1 is 1.11 bits per heavy atom. The van der Waals surface area contributed by atoms with E-state index in [1.165, 1.54) is 15.9 Å². The first-order chi connectivity index (χ1) is 13.2. The van der Waals surface area contributed by atoms with Crippen molar-refractivity contribution in [2.75, 3.05) is 0 Å². The Kier molecular flexibility index (Phi) is 3.80. The minimum absolute atomic E-state index is 0.235. The van der Waals surface area contributed by atoms with E-state index in [0.29, 0.717) is 26.8 Å². The van der Waals surface area contributed by atoms with Gasteiger partial charge in [0, 0.05) is 16.1 Å². The van der Waals surface area contributed by atoms with Crippen LogP contribution in [0.15, 0.2) is 72.9 Å². The number of aromatic nitrogens is 3. The van der Waals surface area contributed by atoms with E-state index in [4.69, 9.17) is 8.83 Å². The lowest BCUT2D eigenvalue weighted by Crippen LogP contribution is -2.23. The minimum Gasteiger partial charge on any atom is -0.461 e. The molecule has 0 aliphatic heterocycles. The van der Waals surface area contributed by atoms with Crippen molar-refractivity contribution in [3.63, 3.8) is 0 Å². The second-order valence-corrected chi connectivity index (χ2v) is 7.66. The molecule has 0 atom stereocenters.